The van der Waals surface area contributed by atoms with E-state index in [0.29, 0.717) is 3.77 Å². The van der Waals surface area contributed by atoms with Gasteiger partial charge in [0.05, 0.1) is 0 Å². The summed E-state index contributed by atoms with van der Waals surface area (Å²) in [7, 11) is 0. The third-order valence-electron chi connectivity index (χ3n) is 1.01. The van der Waals surface area contributed by atoms with E-state index in [0.717, 1.165) is 0 Å². The van der Waals surface area contributed by atoms with Crippen molar-refractivity contribution in [2.45, 2.75) is 0 Å². The zero-order chi connectivity index (χ0) is 9.14. The minimum absolute atomic E-state index is 0.132. The van der Waals surface area contributed by atoms with Crippen LogP contribution in [0.3, 0.4) is 0 Å². The van der Waals surface area contributed by atoms with Crippen LogP contribution < -0.4 is 11.5 Å². The summed E-state index contributed by atoms with van der Waals surface area (Å²) in [4.78, 5) is 14.3. The highest BCUT2D eigenvalue weighted by atomic mass is 127. The Bertz CT molecular complexity index is 327. The van der Waals surface area contributed by atoms with Gasteiger partial charge in [-0.05, 0) is 34.7 Å². The van der Waals surface area contributed by atoms with Crippen molar-refractivity contribution in [2.24, 2.45) is 16.5 Å². The van der Waals surface area contributed by atoms with Gasteiger partial charge in [0.1, 0.15) is 0 Å². The number of hydrogen-bond donors (Lipinski definition) is 2. The van der Waals surface area contributed by atoms with E-state index in [2.05, 4.69) is 4.99 Å². The first-order valence-electron chi connectivity index (χ1n) is 2.99. The van der Waals surface area contributed by atoms with Gasteiger partial charge < -0.3 is 15.9 Å². The van der Waals surface area contributed by atoms with Crippen LogP contribution in [0.4, 0.5) is 0 Å². The maximum atomic E-state index is 11.0. The average molecular weight is 279 g/mol. The summed E-state index contributed by atoms with van der Waals surface area (Å²) in [6.45, 7) is 0. The third kappa shape index (κ3) is 2.22. The number of amides is 1. The second kappa shape index (κ2) is 3.57. The van der Waals surface area contributed by atoms with E-state index in [1.807, 2.05) is 22.6 Å². The fraction of sp³-hybridized carbons (Fsp3) is 0. The Morgan fingerprint density at radius 3 is 2.58 bits per heavy atom. The molecule has 0 aliphatic heterocycles. The lowest BCUT2D eigenvalue weighted by Crippen LogP contribution is -2.24. The van der Waals surface area contributed by atoms with Crippen LogP contribution in [0.2, 0.25) is 0 Å². The number of rotatable bonds is 1. The highest BCUT2D eigenvalue weighted by molar-refractivity contribution is 14.1. The molecule has 5 nitrogen and oxygen atoms in total. The molecule has 12 heavy (non-hydrogen) atoms. The van der Waals surface area contributed by atoms with Crippen molar-refractivity contribution in [3.8, 4) is 0 Å². The molecule has 0 spiro atoms. The largest absolute Gasteiger partial charge is 0.445 e. The van der Waals surface area contributed by atoms with Gasteiger partial charge in [-0.1, -0.05) is 0 Å². The lowest BCUT2D eigenvalue weighted by molar-refractivity contribution is 0.0975. The minimum Gasteiger partial charge on any atom is -0.445 e. The molecule has 4 N–H and O–H groups in total. The molecule has 0 aliphatic carbocycles. The molecule has 1 heterocycles. The Labute approximate surface area is 82.0 Å². The van der Waals surface area contributed by atoms with Crippen LogP contribution in [0.5, 0.6) is 0 Å². The van der Waals surface area contributed by atoms with E-state index in [1.54, 1.807) is 6.07 Å². The molecule has 0 fully saturated rings. The topological polar surface area (TPSA) is 94.6 Å². The van der Waals surface area contributed by atoms with Crippen molar-refractivity contribution >= 4 is 34.5 Å². The summed E-state index contributed by atoms with van der Waals surface area (Å²) in [5, 5.41) is 0. The van der Waals surface area contributed by atoms with Crippen molar-refractivity contribution in [1.82, 2.24) is 0 Å². The van der Waals surface area contributed by atoms with Gasteiger partial charge in [0.25, 0.3) is 0 Å². The predicted octanol–water partition coefficient (Wildman–Crippen LogP) is 0.298. The second-order valence-corrected chi connectivity index (χ2v) is 3.01. The lowest BCUT2D eigenvalue weighted by atomic mass is 10.4. The highest BCUT2D eigenvalue weighted by Crippen LogP contribution is 2.10. The number of halogens is 1. The molecule has 0 atom stereocenters. The highest BCUT2D eigenvalue weighted by Gasteiger charge is 2.08. The fourth-order valence-corrected chi connectivity index (χ4v) is 1.02. The van der Waals surface area contributed by atoms with Gasteiger partial charge in [-0.15, -0.1) is 0 Å². The van der Waals surface area contributed by atoms with E-state index in [1.165, 1.54) is 6.07 Å². The van der Waals surface area contributed by atoms with Gasteiger partial charge in [-0.25, -0.2) is 0 Å². The normalized spacial score (nSPS) is 9.42. The van der Waals surface area contributed by atoms with Gasteiger partial charge in [-0.2, -0.15) is 4.99 Å². The van der Waals surface area contributed by atoms with Crippen molar-refractivity contribution in [3.05, 3.63) is 21.7 Å². The van der Waals surface area contributed by atoms with Crippen LogP contribution in [0.15, 0.2) is 21.5 Å². The van der Waals surface area contributed by atoms with Crippen molar-refractivity contribution in [2.75, 3.05) is 0 Å². The van der Waals surface area contributed by atoms with Gasteiger partial charge >= 0.3 is 5.91 Å². The maximum Gasteiger partial charge on any atom is 0.315 e. The molecule has 0 bridgehead atoms. The lowest BCUT2D eigenvalue weighted by Gasteiger charge is -1.88. The molecule has 1 amide bonds. The summed E-state index contributed by atoms with van der Waals surface area (Å²) in [5.74, 6) is -0.711. The second-order valence-electron chi connectivity index (χ2n) is 1.95. The summed E-state index contributed by atoms with van der Waals surface area (Å²) in [6.07, 6.45) is 0. The first kappa shape index (κ1) is 9.04. The summed E-state index contributed by atoms with van der Waals surface area (Å²) >= 11 is 1.94. The molecule has 1 aromatic heterocycles. The van der Waals surface area contributed by atoms with Gasteiger partial charge in [0, 0.05) is 0 Å². The molecular weight excluding hydrogens is 273 g/mol. The van der Waals surface area contributed by atoms with Crippen molar-refractivity contribution in [3.63, 3.8) is 0 Å². The fourth-order valence-electron chi connectivity index (χ4n) is 0.602. The number of carbonyl (C=O) groups excluding carboxylic acids is 1. The molecule has 1 rings (SSSR count). The van der Waals surface area contributed by atoms with Gasteiger partial charge in [-0.3, -0.25) is 4.79 Å². The van der Waals surface area contributed by atoms with Crippen molar-refractivity contribution in [1.29, 1.82) is 0 Å². The number of nitrogens with zero attached hydrogens (tertiary/aromatic N) is 1. The molecule has 0 aliphatic rings. The van der Waals surface area contributed by atoms with Crippen molar-refractivity contribution < 1.29 is 9.21 Å². The third-order valence-corrected chi connectivity index (χ3v) is 1.59. The Kier molecular flexibility index (Phi) is 2.69. The zero-order valence-corrected chi connectivity index (χ0v) is 8.11. The number of nitrogens with two attached hydrogens (primary N) is 2. The van der Waals surface area contributed by atoms with Crippen LogP contribution >= 0.6 is 22.6 Å². The van der Waals surface area contributed by atoms with E-state index in [-0.39, 0.29) is 11.7 Å². The Balaban J connectivity index is 2.86. The van der Waals surface area contributed by atoms with Crippen LogP contribution in [0.25, 0.3) is 0 Å². The summed E-state index contributed by atoms with van der Waals surface area (Å²) in [6, 6.07) is 3.16. The quantitative estimate of drug-likeness (QED) is 0.439. The maximum absolute atomic E-state index is 11.0. The molecule has 0 unspecified atom stereocenters. The van der Waals surface area contributed by atoms with Crippen LogP contribution in [0.1, 0.15) is 10.6 Å². The summed E-state index contributed by atoms with van der Waals surface area (Å²) < 4.78 is 5.58. The van der Waals surface area contributed by atoms with Crippen LogP contribution in [0, 0.1) is 3.77 Å². The number of guanidine groups is 1. The molecule has 0 saturated heterocycles. The number of aliphatic imine (C=N–C) groups is 1. The van der Waals surface area contributed by atoms with E-state index >= 15 is 0 Å². The smallest absolute Gasteiger partial charge is 0.315 e. The average Bonchev–Trinajstić information content (AvgIpc) is 2.34. The van der Waals surface area contributed by atoms with Gasteiger partial charge in [0.2, 0.25) is 0 Å². The SMILES string of the molecule is NC(N)=NC(=O)c1ccc(I)o1. The Morgan fingerprint density at radius 1 is 1.50 bits per heavy atom. The first-order valence-corrected chi connectivity index (χ1v) is 4.07. The van der Waals surface area contributed by atoms with E-state index in [9.17, 15) is 4.79 Å². The minimum atomic E-state index is -0.571. The molecule has 0 saturated carbocycles. The number of furan rings is 1. The standard InChI is InChI=1S/C6H6IN3O2/c7-4-2-1-3(12-4)5(11)10-6(8)9/h1-2H,(H4,8,9,10,11). The molecule has 0 aromatic carbocycles. The molecule has 1 aromatic rings. The number of hydrogen-bond acceptors (Lipinski definition) is 2. The first-order chi connectivity index (χ1) is 5.59. The van der Waals surface area contributed by atoms with Crippen LogP contribution in [-0.2, 0) is 0 Å². The molecular formula is C6H6IN3O2. The monoisotopic (exact) mass is 279 g/mol. The zero-order valence-electron chi connectivity index (χ0n) is 5.95. The van der Waals surface area contributed by atoms with E-state index in [4.69, 9.17) is 15.9 Å². The Morgan fingerprint density at radius 2 is 2.17 bits per heavy atom. The molecule has 0 radical (unpaired) electrons. The Hall–Kier alpha value is -1.05. The van der Waals surface area contributed by atoms with Crippen LogP contribution in [-0.4, -0.2) is 11.9 Å². The van der Waals surface area contributed by atoms with Gasteiger partial charge in [0.15, 0.2) is 15.5 Å². The molecule has 64 valence electrons. The predicted molar refractivity (Wildman–Crippen MR) is 51.6 cm³/mol. The van der Waals surface area contributed by atoms with E-state index < -0.39 is 5.91 Å². The number of carbonyl (C=O) groups is 1. The molecule has 6 heteroatoms. The summed E-state index contributed by atoms with van der Waals surface area (Å²) in [5.41, 5.74) is 10.0.